The number of benzene rings is 2. The second-order valence-corrected chi connectivity index (χ2v) is 17.0. The van der Waals surface area contributed by atoms with Crippen molar-refractivity contribution < 1.29 is 32.2 Å². The lowest BCUT2D eigenvalue weighted by Gasteiger charge is -2.23. The average molecular weight is 792 g/mol. The predicted octanol–water partition coefficient (Wildman–Crippen LogP) is 5.22. The lowest BCUT2D eigenvalue weighted by atomic mass is 9.93. The second-order valence-electron chi connectivity index (χ2n) is 14.9. The molecule has 0 aliphatic heterocycles. The summed E-state index contributed by atoms with van der Waals surface area (Å²) in [6.07, 6.45) is 5.46. The Morgan fingerprint density at radius 3 is 2.44 bits per heavy atom. The molecule has 1 saturated carbocycles. The van der Waals surface area contributed by atoms with Gasteiger partial charge in [0.05, 0.1) is 39.6 Å². The molecule has 0 radical (unpaired) electrons. The van der Waals surface area contributed by atoms with E-state index in [-0.39, 0.29) is 40.8 Å². The number of aryl methyl sites for hydroxylation is 1. The number of nitrogens with one attached hydrogen (secondary N) is 2. The van der Waals surface area contributed by atoms with Crippen molar-refractivity contribution in [3.8, 4) is 23.0 Å². The van der Waals surface area contributed by atoms with Crippen LogP contribution >= 0.6 is 11.6 Å². The van der Waals surface area contributed by atoms with Gasteiger partial charge >= 0.3 is 0 Å². The van der Waals surface area contributed by atoms with E-state index in [0.717, 1.165) is 42.8 Å². The molecule has 288 valence electrons. The maximum atomic E-state index is 14.6. The van der Waals surface area contributed by atoms with Gasteiger partial charge in [0.25, 0.3) is 0 Å². The molecule has 7 rings (SSSR count). The summed E-state index contributed by atoms with van der Waals surface area (Å²) in [5.41, 5.74) is 2.31. The predicted molar refractivity (Wildman–Crippen MR) is 204 cm³/mol. The van der Waals surface area contributed by atoms with Gasteiger partial charge in [-0.05, 0) is 106 Å². The van der Waals surface area contributed by atoms with Crippen molar-refractivity contribution >= 4 is 44.3 Å². The minimum absolute atomic E-state index is 0.00638. The van der Waals surface area contributed by atoms with Crippen LogP contribution in [-0.2, 0) is 53.3 Å². The third kappa shape index (κ3) is 8.37. The van der Waals surface area contributed by atoms with Crippen LogP contribution < -0.4 is 10.0 Å². The summed E-state index contributed by atoms with van der Waals surface area (Å²) in [4.78, 5) is 19.0. The van der Waals surface area contributed by atoms with Gasteiger partial charge in [0.15, 0.2) is 5.82 Å². The van der Waals surface area contributed by atoms with E-state index in [9.17, 15) is 32.2 Å². The van der Waals surface area contributed by atoms with Gasteiger partial charge in [-0.15, -0.1) is 0 Å². The van der Waals surface area contributed by atoms with Gasteiger partial charge in [-0.3, -0.25) is 18.9 Å². The maximum Gasteiger partial charge on any atom is 0.242 e. The SMILES string of the molecule is Cn1nc(NS(C)(=O)=O)c2c(Cl)ccc(-c3ccc(C#CC(C)(C)O)nc3C(Cc3cc(F)cc(F)c3)NC(=O)Cn3nc(C4(O)CC4)c4c3CCCC4)c21. The zero-order valence-electron chi connectivity index (χ0n) is 30.7. The van der Waals surface area contributed by atoms with E-state index in [1.54, 1.807) is 36.0 Å². The van der Waals surface area contributed by atoms with Gasteiger partial charge in [-0.25, -0.2) is 22.2 Å². The third-order valence-electron chi connectivity index (χ3n) is 9.67. The number of aromatic nitrogens is 5. The molecule has 3 heterocycles. The number of amides is 1. The quantitative estimate of drug-likeness (QED) is 0.140. The zero-order chi connectivity index (χ0) is 39.4. The maximum absolute atomic E-state index is 14.6. The molecule has 3 aromatic heterocycles. The molecule has 1 fully saturated rings. The highest BCUT2D eigenvalue weighted by Crippen LogP contribution is 2.47. The van der Waals surface area contributed by atoms with Crippen LogP contribution in [0.1, 0.15) is 79.5 Å². The van der Waals surface area contributed by atoms with Gasteiger partial charge in [-0.1, -0.05) is 23.6 Å². The Balaban J connectivity index is 1.38. The summed E-state index contributed by atoms with van der Waals surface area (Å²) in [7, 11) is -2.12. The van der Waals surface area contributed by atoms with Crippen molar-refractivity contribution in [2.24, 2.45) is 7.05 Å². The van der Waals surface area contributed by atoms with Crippen LogP contribution in [0.5, 0.6) is 0 Å². The lowest BCUT2D eigenvalue weighted by Crippen LogP contribution is -2.34. The zero-order valence-corrected chi connectivity index (χ0v) is 32.2. The highest BCUT2D eigenvalue weighted by atomic mass is 35.5. The molecule has 2 aliphatic rings. The van der Waals surface area contributed by atoms with Crippen LogP contribution in [0, 0.1) is 23.5 Å². The second kappa shape index (κ2) is 14.3. The number of halogens is 3. The van der Waals surface area contributed by atoms with Crippen LogP contribution in [-0.4, -0.2) is 60.9 Å². The number of carbonyl (C=O) groups excluding carboxylic acids is 1. The Hall–Kier alpha value is -4.88. The Morgan fingerprint density at radius 2 is 1.76 bits per heavy atom. The highest BCUT2D eigenvalue weighted by molar-refractivity contribution is 7.92. The highest BCUT2D eigenvalue weighted by Gasteiger charge is 2.47. The van der Waals surface area contributed by atoms with Crippen molar-refractivity contribution in [1.29, 1.82) is 0 Å². The van der Waals surface area contributed by atoms with Crippen LogP contribution in [0.4, 0.5) is 14.6 Å². The molecule has 1 atom stereocenters. The average Bonchev–Trinajstić information content (AvgIpc) is 3.61. The molecular weight excluding hydrogens is 752 g/mol. The molecule has 2 aliphatic carbocycles. The molecule has 5 aromatic rings. The molecule has 1 unspecified atom stereocenters. The van der Waals surface area contributed by atoms with E-state index < -0.39 is 44.8 Å². The normalized spacial score (nSPS) is 15.6. The monoisotopic (exact) mass is 791 g/mol. The first-order valence-electron chi connectivity index (χ1n) is 17.8. The smallest absolute Gasteiger partial charge is 0.242 e. The van der Waals surface area contributed by atoms with Gasteiger partial charge in [-0.2, -0.15) is 10.2 Å². The molecule has 4 N–H and O–H groups in total. The number of nitrogens with zero attached hydrogens (tertiary/aromatic N) is 5. The van der Waals surface area contributed by atoms with Crippen molar-refractivity contribution in [3.63, 3.8) is 0 Å². The van der Waals surface area contributed by atoms with Crippen molar-refractivity contribution in [2.75, 3.05) is 11.0 Å². The number of carbonyl (C=O) groups is 1. The van der Waals surface area contributed by atoms with Crippen LogP contribution in [0.2, 0.25) is 5.02 Å². The van der Waals surface area contributed by atoms with Gasteiger partial charge in [0.1, 0.15) is 35.1 Å². The van der Waals surface area contributed by atoms with E-state index in [0.29, 0.717) is 47.0 Å². The summed E-state index contributed by atoms with van der Waals surface area (Å²) >= 11 is 6.64. The van der Waals surface area contributed by atoms with E-state index in [1.165, 1.54) is 30.7 Å². The number of hydrogen-bond donors (Lipinski definition) is 4. The number of sulfonamides is 1. The Morgan fingerprint density at radius 1 is 1.07 bits per heavy atom. The largest absolute Gasteiger partial charge is 0.383 e. The Labute approximate surface area is 322 Å². The van der Waals surface area contributed by atoms with E-state index >= 15 is 0 Å². The fraction of sp³-hybridized carbons (Fsp3) is 0.385. The topological polar surface area (TPSA) is 164 Å². The number of rotatable bonds is 10. The van der Waals surface area contributed by atoms with Crippen LogP contribution in [0.3, 0.4) is 0 Å². The molecule has 1 amide bonds. The van der Waals surface area contributed by atoms with Crippen molar-refractivity contribution in [2.45, 2.75) is 82.6 Å². The summed E-state index contributed by atoms with van der Waals surface area (Å²) in [5, 5.41) is 34.1. The minimum atomic E-state index is -3.75. The number of anilines is 1. The van der Waals surface area contributed by atoms with E-state index in [4.69, 9.17) is 21.7 Å². The molecule has 2 aromatic carbocycles. The fourth-order valence-electron chi connectivity index (χ4n) is 7.18. The molecule has 12 nitrogen and oxygen atoms in total. The van der Waals surface area contributed by atoms with Gasteiger partial charge in [0, 0.05) is 29.9 Å². The first kappa shape index (κ1) is 38.4. The fourth-order valence-corrected chi connectivity index (χ4v) is 7.92. The van der Waals surface area contributed by atoms with Crippen molar-refractivity contribution in [1.82, 2.24) is 29.9 Å². The molecule has 0 spiro atoms. The first-order valence-corrected chi connectivity index (χ1v) is 20.1. The summed E-state index contributed by atoms with van der Waals surface area (Å²) in [6.45, 7) is 2.85. The lowest BCUT2D eigenvalue weighted by molar-refractivity contribution is -0.122. The first-order chi connectivity index (χ1) is 25.9. The standard InChI is InChI=1S/C39H40ClF2N7O5S/c1-38(2,51)14-13-25-9-10-26(27-11-12-29(40)33-35(27)48(3)46-37(33)47-55(4,53)54)34(43-25)30(19-22-17-23(41)20-24(42)18-22)44-32(50)21-49-31-8-6-5-7-28(31)36(45-49)39(52)15-16-39/h9-12,17-18,20,30,51-52H,5-8,15-16,19,21H2,1-4H3,(H,44,50)(H,46,47). The molecule has 0 saturated heterocycles. The van der Waals surface area contributed by atoms with Gasteiger partial charge < -0.3 is 15.5 Å². The molecule has 16 heteroatoms. The summed E-state index contributed by atoms with van der Waals surface area (Å²) in [6, 6.07) is 8.74. The van der Waals surface area contributed by atoms with Gasteiger partial charge in [0.2, 0.25) is 15.9 Å². The van der Waals surface area contributed by atoms with E-state index in [1.807, 2.05) is 0 Å². The molecule has 55 heavy (non-hydrogen) atoms. The summed E-state index contributed by atoms with van der Waals surface area (Å²) < 4.78 is 59.3. The Kier molecular flexibility index (Phi) is 10.00. The Bertz CT molecular complexity index is 2510. The van der Waals surface area contributed by atoms with Crippen LogP contribution in [0.15, 0.2) is 42.5 Å². The number of hydrogen-bond acceptors (Lipinski definition) is 8. The number of pyridine rings is 1. The summed E-state index contributed by atoms with van der Waals surface area (Å²) in [5.74, 6) is 3.57. The van der Waals surface area contributed by atoms with Crippen LogP contribution in [0.25, 0.3) is 22.0 Å². The molecule has 0 bridgehead atoms. The minimum Gasteiger partial charge on any atom is -0.383 e. The van der Waals surface area contributed by atoms with Crippen molar-refractivity contribution in [3.05, 3.63) is 93.0 Å². The third-order valence-corrected chi connectivity index (χ3v) is 10.6. The van der Waals surface area contributed by atoms with E-state index in [2.05, 4.69) is 27.0 Å². The number of aliphatic hydroxyl groups is 2. The molecular formula is C39H40ClF2N7O5S. The number of fused-ring (bicyclic) bond motifs is 2.